The highest BCUT2D eigenvalue weighted by atomic mass is 16.5. The second kappa shape index (κ2) is 14.7. The molecule has 11 nitrogen and oxygen atoms in total. The number of hydrogen-bond acceptors (Lipinski definition) is 6. The summed E-state index contributed by atoms with van der Waals surface area (Å²) >= 11 is 0. The van der Waals surface area contributed by atoms with Crippen LogP contribution in [0.1, 0.15) is 38.1 Å². The molecular formula is C33H42N6O5. The molecule has 3 atom stereocenters. The van der Waals surface area contributed by atoms with Crippen LogP contribution in [0.3, 0.4) is 0 Å². The van der Waals surface area contributed by atoms with Crippen LogP contribution in [0, 0.1) is 5.92 Å². The zero-order chi connectivity index (χ0) is 31.8. The number of carbonyl (C=O) groups is 3. The number of likely N-dealkylation sites (N-methyl/N-ethyl adjacent to an activating group) is 1. The van der Waals surface area contributed by atoms with Crippen LogP contribution in [-0.4, -0.2) is 84.8 Å². The van der Waals surface area contributed by atoms with Crippen molar-refractivity contribution in [1.29, 1.82) is 0 Å². The van der Waals surface area contributed by atoms with Crippen molar-refractivity contribution in [1.82, 2.24) is 20.1 Å². The van der Waals surface area contributed by atoms with E-state index >= 15 is 0 Å². The number of rotatable bonds is 5. The van der Waals surface area contributed by atoms with Gasteiger partial charge in [-0.25, -0.2) is 9.59 Å². The zero-order valence-corrected chi connectivity index (χ0v) is 26.2. The molecule has 11 heteroatoms. The third-order valence-electron chi connectivity index (χ3n) is 7.48. The molecule has 4 rings (SSSR count). The monoisotopic (exact) mass is 602 g/mol. The smallest absolute Gasteiger partial charge is 0.322 e. The van der Waals surface area contributed by atoms with Crippen molar-refractivity contribution in [2.75, 3.05) is 44.5 Å². The van der Waals surface area contributed by atoms with Crippen molar-refractivity contribution in [3.63, 3.8) is 0 Å². The van der Waals surface area contributed by atoms with Gasteiger partial charge in [-0.1, -0.05) is 25.1 Å². The van der Waals surface area contributed by atoms with Crippen molar-refractivity contribution in [2.24, 2.45) is 5.92 Å². The number of ether oxygens (including phenoxy) is 2. The fraction of sp³-hybridized carbons (Fsp3) is 0.394. The molecule has 1 aromatic heterocycles. The normalized spacial score (nSPS) is 19.2. The molecular weight excluding hydrogens is 560 g/mol. The lowest BCUT2D eigenvalue weighted by molar-refractivity contribution is 0.0174. The van der Waals surface area contributed by atoms with Crippen LogP contribution in [0.15, 0.2) is 66.9 Å². The Morgan fingerprint density at radius 2 is 1.73 bits per heavy atom. The second-order valence-electron chi connectivity index (χ2n) is 11.4. The number of amides is 5. The van der Waals surface area contributed by atoms with E-state index in [-0.39, 0.29) is 48.7 Å². The van der Waals surface area contributed by atoms with Gasteiger partial charge in [-0.3, -0.25) is 9.78 Å². The summed E-state index contributed by atoms with van der Waals surface area (Å²) in [5, 5.41) is 8.57. The minimum atomic E-state index is -0.371. The predicted octanol–water partition coefficient (Wildman–Crippen LogP) is 5.32. The first-order chi connectivity index (χ1) is 21.0. The van der Waals surface area contributed by atoms with E-state index in [2.05, 4.69) is 20.9 Å². The molecule has 0 aliphatic carbocycles. The summed E-state index contributed by atoms with van der Waals surface area (Å²) in [7, 11) is 3.30. The van der Waals surface area contributed by atoms with Gasteiger partial charge in [0.15, 0.2) is 0 Å². The summed E-state index contributed by atoms with van der Waals surface area (Å²) in [6, 6.07) is 17.2. The van der Waals surface area contributed by atoms with Crippen molar-refractivity contribution in [2.45, 2.75) is 45.9 Å². The van der Waals surface area contributed by atoms with Gasteiger partial charge in [-0.15, -0.1) is 0 Å². The molecule has 2 aromatic carbocycles. The molecule has 0 unspecified atom stereocenters. The van der Waals surface area contributed by atoms with Crippen LogP contribution in [0.5, 0.6) is 5.75 Å². The number of urea groups is 2. The van der Waals surface area contributed by atoms with E-state index in [1.807, 2.05) is 70.2 Å². The maximum atomic E-state index is 13.7. The SMILES string of the molecule is CO[C@H]1CN(C)C(=O)c2cc(NC(=O)NC(C)C)ccc2OC[C@H](C)N(C(=O)Nc2ccc(-c3ccccn3)cc2)C[C@@H]1C. The number of pyridine rings is 1. The highest BCUT2D eigenvalue weighted by Gasteiger charge is 2.30. The summed E-state index contributed by atoms with van der Waals surface area (Å²) in [6.07, 6.45) is 1.40. The van der Waals surface area contributed by atoms with E-state index in [9.17, 15) is 14.4 Å². The fourth-order valence-corrected chi connectivity index (χ4v) is 5.02. The number of nitrogens with zero attached hydrogens (tertiary/aromatic N) is 3. The molecule has 2 heterocycles. The average Bonchev–Trinajstić information content (AvgIpc) is 3.00. The largest absolute Gasteiger partial charge is 0.491 e. The van der Waals surface area contributed by atoms with Gasteiger partial charge in [-0.2, -0.15) is 0 Å². The average molecular weight is 603 g/mol. The maximum Gasteiger partial charge on any atom is 0.322 e. The zero-order valence-electron chi connectivity index (χ0n) is 26.2. The minimum absolute atomic E-state index is 0.0454. The first kappa shape index (κ1) is 32.3. The van der Waals surface area contributed by atoms with Crippen LogP contribution in [0.2, 0.25) is 0 Å². The van der Waals surface area contributed by atoms with E-state index in [0.29, 0.717) is 35.8 Å². The van der Waals surface area contributed by atoms with E-state index in [0.717, 1.165) is 11.3 Å². The number of anilines is 2. The van der Waals surface area contributed by atoms with Crippen molar-refractivity contribution in [3.05, 3.63) is 72.4 Å². The molecule has 1 aliphatic rings. The van der Waals surface area contributed by atoms with Crippen LogP contribution in [0.25, 0.3) is 11.3 Å². The highest BCUT2D eigenvalue weighted by molar-refractivity contribution is 5.99. The summed E-state index contributed by atoms with van der Waals surface area (Å²) in [5.74, 6) is -0.0164. The highest BCUT2D eigenvalue weighted by Crippen LogP contribution is 2.27. The Morgan fingerprint density at radius 3 is 2.39 bits per heavy atom. The number of fused-ring (bicyclic) bond motifs is 1. The first-order valence-electron chi connectivity index (χ1n) is 14.8. The molecule has 0 saturated heterocycles. The number of carbonyl (C=O) groups excluding carboxylic acids is 3. The summed E-state index contributed by atoms with van der Waals surface area (Å²) in [4.78, 5) is 47.3. The quantitative estimate of drug-likeness (QED) is 0.363. The maximum absolute atomic E-state index is 13.7. The van der Waals surface area contributed by atoms with Crippen molar-refractivity contribution < 1.29 is 23.9 Å². The molecule has 0 radical (unpaired) electrons. The number of methoxy groups -OCH3 is 1. The number of aromatic nitrogens is 1. The van der Waals surface area contributed by atoms with E-state index in [1.165, 1.54) is 0 Å². The van der Waals surface area contributed by atoms with Gasteiger partial charge in [0.05, 0.1) is 23.4 Å². The molecule has 0 fully saturated rings. The molecule has 234 valence electrons. The lowest BCUT2D eigenvalue weighted by atomic mass is 10.0. The van der Waals surface area contributed by atoms with Crippen molar-refractivity contribution >= 4 is 29.3 Å². The third-order valence-corrected chi connectivity index (χ3v) is 7.48. The number of benzene rings is 2. The van der Waals surface area contributed by atoms with Crippen LogP contribution in [-0.2, 0) is 4.74 Å². The lowest BCUT2D eigenvalue weighted by Gasteiger charge is -2.36. The Kier molecular flexibility index (Phi) is 10.8. The Bertz CT molecular complexity index is 1430. The van der Waals surface area contributed by atoms with Gasteiger partial charge >= 0.3 is 12.1 Å². The van der Waals surface area contributed by atoms with E-state index in [1.54, 1.807) is 48.4 Å². The predicted molar refractivity (Wildman–Crippen MR) is 171 cm³/mol. The van der Waals surface area contributed by atoms with Gasteiger partial charge in [0.2, 0.25) is 0 Å². The lowest BCUT2D eigenvalue weighted by Crippen LogP contribution is -2.50. The molecule has 44 heavy (non-hydrogen) atoms. The molecule has 1 aliphatic heterocycles. The van der Waals surface area contributed by atoms with Crippen LogP contribution >= 0.6 is 0 Å². The Hall–Kier alpha value is -4.64. The van der Waals surface area contributed by atoms with Crippen molar-refractivity contribution in [3.8, 4) is 17.0 Å². The molecule has 3 N–H and O–H groups in total. The fourth-order valence-electron chi connectivity index (χ4n) is 5.02. The molecule has 0 saturated carbocycles. The van der Waals surface area contributed by atoms with Gasteiger partial charge in [0, 0.05) is 62.3 Å². The van der Waals surface area contributed by atoms with Crippen LogP contribution < -0.4 is 20.7 Å². The van der Waals surface area contributed by atoms with Gasteiger partial charge in [-0.05, 0) is 63.2 Å². The van der Waals surface area contributed by atoms with Gasteiger partial charge < -0.3 is 35.2 Å². The Balaban J connectivity index is 1.57. The molecule has 5 amide bonds. The molecule has 0 spiro atoms. The van der Waals surface area contributed by atoms with Gasteiger partial charge in [0.25, 0.3) is 5.91 Å². The standard InChI is InChI=1S/C33H42N6O5/c1-21(2)35-32(41)36-26-14-15-29-27(17-26)31(40)38(5)19-30(43-6)22(3)18-39(23(4)20-44-29)33(42)37-25-12-10-24(11-13-25)28-9-7-8-16-34-28/h7-17,21-23,30H,18-20H2,1-6H3,(H,37,42)(H2,35,36,41)/t22-,23-,30-/m0/s1. The number of hydrogen-bond donors (Lipinski definition) is 3. The molecule has 0 bridgehead atoms. The Labute approximate surface area is 258 Å². The van der Waals surface area contributed by atoms with E-state index < -0.39 is 0 Å². The topological polar surface area (TPSA) is 125 Å². The van der Waals surface area contributed by atoms with Gasteiger partial charge in [0.1, 0.15) is 12.4 Å². The van der Waals surface area contributed by atoms with E-state index in [4.69, 9.17) is 9.47 Å². The Morgan fingerprint density at radius 1 is 1.00 bits per heavy atom. The minimum Gasteiger partial charge on any atom is -0.491 e. The molecule has 3 aromatic rings. The second-order valence-corrected chi connectivity index (χ2v) is 11.4. The third kappa shape index (κ3) is 8.25. The number of nitrogens with one attached hydrogen (secondary N) is 3. The summed E-state index contributed by atoms with van der Waals surface area (Å²) < 4.78 is 12.0. The summed E-state index contributed by atoms with van der Waals surface area (Å²) in [5.41, 5.74) is 3.21. The summed E-state index contributed by atoms with van der Waals surface area (Å²) in [6.45, 7) is 8.44. The first-order valence-corrected chi connectivity index (χ1v) is 14.8. The van der Waals surface area contributed by atoms with Crippen LogP contribution in [0.4, 0.5) is 21.0 Å².